The van der Waals surface area contributed by atoms with E-state index in [1.54, 1.807) is 24.3 Å². The number of hydrogen-bond donors (Lipinski definition) is 2. The quantitative estimate of drug-likeness (QED) is 0.183. The minimum atomic E-state index is -4.52. The predicted octanol–water partition coefficient (Wildman–Crippen LogP) is 2.93. The smallest absolute Gasteiger partial charge is 0.417 e. The summed E-state index contributed by atoms with van der Waals surface area (Å²) in [5.41, 5.74) is 0.209. The molecular weight excluding hydrogens is 550 g/mol. The Balaban J connectivity index is 1.17. The van der Waals surface area contributed by atoms with Gasteiger partial charge in [-0.15, -0.1) is 10.2 Å². The highest BCUT2D eigenvalue weighted by atomic mass is 19.4. The number of carbonyl (C=O) groups excluding carboxylic acids is 2. The molecule has 0 unspecified atom stereocenters. The van der Waals surface area contributed by atoms with Crippen LogP contribution in [0.3, 0.4) is 0 Å². The van der Waals surface area contributed by atoms with Gasteiger partial charge in [-0.2, -0.15) is 13.2 Å². The summed E-state index contributed by atoms with van der Waals surface area (Å²) in [6, 6.07) is 7.62. The summed E-state index contributed by atoms with van der Waals surface area (Å²) in [7, 11) is 0. The number of rotatable bonds is 13. The van der Waals surface area contributed by atoms with Crippen molar-refractivity contribution in [3.63, 3.8) is 0 Å². The number of amides is 2. The number of carbonyl (C=O) groups is 2. The third kappa shape index (κ3) is 8.55. The van der Waals surface area contributed by atoms with Crippen molar-refractivity contribution in [2.24, 2.45) is 0 Å². The number of hydrogen-bond acceptors (Lipinski definition) is 8. The lowest BCUT2D eigenvalue weighted by Gasteiger charge is -2.08. The first kappa shape index (κ1) is 29.1. The van der Waals surface area contributed by atoms with Crippen molar-refractivity contribution in [1.82, 2.24) is 45.6 Å². The number of nitrogens with one attached hydrogen (secondary N) is 2. The van der Waals surface area contributed by atoms with Crippen LogP contribution in [0.5, 0.6) is 5.75 Å². The number of benzene rings is 1. The lowest BCUT2D eigenvalue weighted by molar-refractivity contribution is -0.137. The molecule has 0 aliphatic heterocycles. The van der Waals surface area contributed by atoms with E-state index in [0.29, 0.717) is 37.9 Å². The maximum atomic E-state index is 12.8. The Hall–Kier alpha value is -4.89. The van der Waals surface area contributed by atoms with Crippen molar-refractivity contribution in [1.29, 1.82) is 0 Å². The van der Waals surface area contributed by atoms with Crippen LogP contribution in [0.15, 0.2) is 55.1 Å². The SMILES string of the molecule is O=C(NCc1cccc(OCF)c1)c1cn(CCCCn2cc(C(=O)NCc3cncc(C(F)(F)F)c3)nn2)nn1. The van der Waals surface area contributed by atoms with E-state index in [9.17, 15) is 27.2 Å². The van der Waals surface area contributed by atoms with Crippen molar-refractivity contribution < 1.29 is 31.9 Å². The second-order valence-corrected chi connectivity index (χ2v) is 8.79. The molecule has 2 N–H and O–H groups in total. The first-order valence-electron chi connectivity index (χ1n) is 12.4. The summed E-state index contributed by atoms with van der Waals surface area (Å²) in [5, 5.41) is 20.8. The Morgan fingerprint density at radius 3 is 2.05 bits per heavy atom. The van der Waals surface area contributed by atoms with Crippen LogP contribution in [0.4, 0.5) is 17.6 Å². The number of halogens is 4. The van der Waals surface area contributed by atoms with E-state index in [2.05, 4.69) is 36.2 Å². The zero-order valence-corrected chi connectivity index (χ0v) is 21.5. The Bertz CT molecular complexity index is 1470. The summed E-state index contributed by atoms with van der Waals surface area (Å²) in [5.74, 6) is -0.629. The average molecular weight is 576 g/mol. The molecule has 0 atom stereocenters. The van der Waals surface area contributed by atoms with E-state index in [1.165, 1.54) is 28.0 Å². The highest BCUT2D eigenvalue weighted by molar-refractivity contribution is 5.92. The van der Waals surface area contributed by atoms with Gasteiger partial charge in [0, 0.05) is 38.6 Å². The van der Waals surface area contributed by atoms with Crippen LogP contribution in [0.1, 0.15) is 50.5 Å². The van der Waals surface area contributed by atoms with E-state index >= 15 is 0 Å². The van der Waals surface area contributed by atoms with Gasteiger partial charge in [0.2, 0.25) is 6.86 Å². The predicted molar refractivity (Wildman–Crippen MR) is 134 cm³/mol. The molecular formula is C25H25F4N9O3. The topological polar surface area (TPSA) is 142 Å². The van der Waals surface area contributed by atoms with Crippen LogP contribution in [-0.4, -0.2) is 53.6 Å². The fourth-order valence-corrected chi connectivity index (χ4v) is 3.66. The lowest BCUT2D eigenvalue weighted by atomic mass is 10.2. The van der Waals surface area contributed by atoms with Gasteiger partial charge in [-0.25, -0.2) is 4.39 Å². The minimum Gasteiger partial charge on any atom is -0.463 e. The van der Waals surface area contributed by atoms with Gasteiger partial charge in [0.25, 0.3) is 11.8 Å². The summed E-state index contributed by atoms with van der Waals surface area (Å²) >= 11 is 0. The third-order valence-corrected chi connectivity index (χ3v) is 5.72. The number of pyridine rings is 1. The van der Waals surface area contributed by atoms with Crippen LogP contribution in [0.2, 0.25) is 0 Å². The highest BCUT2D eigenvalue weighted by Crippen LogP contribution is 2.28. The molecule has 2 amide bonds. The molecule has 16 heteroatoms. The molecule has 0 aliphatic carbocycles. The van der Waals surface area contributed by atoms with Gasteiger partial charge in [0.15, 0.2) is 11.4 Å². The van der Waals surface area contributed by atoms with Gasteiger partial charge >= 0.3 is 6.18 Å². The number of nitrogens with zero attached hydrogens (tertiary/aromatic N) is 7. The molecule has 4 aromatic rings. The maximum absolute atomic E-state index is 12.8. The second-order valence-electron chi connectivity index (χ2n) is 8.79. The third-order valence-electron chi connectivity index (χ3n) is 5.72. The van der Waals surface area contributed by atoms with E-state index in [1.807, 2.05) is 0 Å². The van der Waals surface area contributed by atoms with Crippen LogP contribution >= 0.6 is 0 Å². The van der Waals surface area contributed by atoms with E-state index in [0.717, 1.165) is 11.6 Å². The first-order chi connectivity index (χ1) is 19.7. The van der Waals surface area contributed by atoms with Crippen molar-refractivity contribution in [3.8, 4) is 5.75 Å². The normalized spacial score (nSPS) is 11.3. The Morgan fingerprint density at radius 1 is 0.854 bits per heavy atom. The lowest BCUT2D eigenvalue weighted by Crippen LogP contribution is -2.23. The zero-order chi connectivity index (χ0) is 29.2. The highest BCUT2D eigenvalue weighted by Gasteiger charge is 2.31. The van der Waals surface area contributed by atoms with Crippen molar-refractivity contribution >= 4 is 11.8 Å². The molecule has 41 heavy (non-hydrogen) atoms. The van der Waals surface area contributed by atoms with E-state index in [4.69, 9.17) is 4.74 Å². The summed E-state index contributed by atoms with van der Waals surface area (Å²) in [4.78, 5) is 28.3. The Morgan fingerprint density at radius 2 is 1.46 bits per heavy atom. The first-order valence-corrected chi connectivity index (χ1v) is 12.4. The van der Waals surface area contributed by atoms with E-state index in [-0.39, 0.29) is 30.0 Å². The molecule has 0 spiro atoms. The van der Waals surface area contributed by atoms with Gasteiger partial charge in [-0.1, -0.05) is 22.6 Å². The number of aryl methyl sites for hydroxylation is 2. The standard InChI is InChI=1S/C25H25F4N9O3/c26-16-41-20-5-3-4-17(9-20)11-31-23(39)21-14-37(35-33-21)6-1-2-7-38-15-22(34-36-38)24(40)32-12-18-8-19(13-30-10-18)25(27,28)29/h3-5,8-10,13-15H,1-2,6-7,11-12,16H2,(H,31,39)(H,32,40). The van der Waals surface area contributed by atoms with E-state index < -0.39 is 30.4 Å². The van der Waals surface area contributed by atoms with Crippen molar-refractivity contribution in [3.05, 3.63) is 83.2 Å². The van der Waals surface area contributed by atoms with Crippen molar-refractivity contribution in [2.75, 3.05) is 6.86 Å². The van der Waals surface area contributed by atoms with Gasteiger partial charge in [0.1, 0.15) is 5.75 Å². The molecule has 0 bridgehead atoms. The molecule has 0 aliphatic rings. The van der Waals surface area contributed by atoms with Crippen LogP contribution < -0.4 is 15.4 Å². The average Bonchev–Trinajstić information content (AvgIpc) is 3.63. The molecule has 4 rings (SSSR count). The molecule has 1 aromatic carbocycles. The molecule has 0 fully saturated rings. The Labute approximate surface area is 230 Å². The monoisotopic (exact) mass is 575 g/mol. The number of ether oxygens (including phenoxy) is 1. The van der Waals surface area contributed by atoms with Gasteiger partial charge in [-0.05, 0) is 42.2 Å². The molecule has 216 valence electrons. The van der Waals surface area contributed by atoms with Crippen LogP contribution in [-0.2, 0) is 32.4 Å². The summed E-state index contributed by atoms with van der Waals surface area (Å²) in [6.07, 6.45) is 1.71. The molecule has 12 nitrogen and oxygen atoms in total. The van der Waals surface area contributed by atoms with Crippen LogP contribution in [0, 0.1) is 0 Å². The largest absolute Gasteiger partial charge is 0.463 e. The summed E-state index contributed by atoms with van der Waals surface area (Å²) in [6.45, 7) is 0.0446. The fraction of sp³-hybridized carbons (Fsp3) is 0.320. The molecule has 0 saturated carbocycles. The number of aromatic nitrogens is 7. The molecule has 0 saturated heterocycles. The molecule has 0 radical (unpaired) electrons. The second kappa shape index (κ2) is 13.5. The molecule has 3 aromatic heterocycles. The number of alkyl halides is 4. The van der Waals surface area contributed by atoms with Crippen molar-refractivity contribution in [2.45, 2.75) is 45.2 Å². The fourth-order valence-electron chi connectivity index (χ4n) is 3.66. The van der Waals surface area contributed by atoms with Gasteiger partial charge in [0.05, 0.1) is 18.0 Å². The van der Waals surface area contributed by atoms with Gasteiger partial charge in [-0.3, -0.25) is 23.9 Å². The maximum Gasteiger partial charge on any atom is 0.417 e. The van der Waals surface area contributed by atoms with Crippen LogP contribution in [0.25, 0.3) is 0 Å². The summed E-state index contributed by atoms with van der Waals surface area (Å²) < 4.78 is 58.6. The Kier molecular flexibility index (Phi) is 9.55. The minimum absolute atomic E-state index is 0.0264. The molecule has 3 heterocycles. The van der Waals surface area contributed by atoms with Gasteiger partial charge < -0.3 is 15.4 Å². The number of unbranched alkanes of at least 4 members (excludes halogenated alkanes) is 1. The zero-order valence-electron chi connectivity index (χ0n) is 21.5.